The van der Waals surface area contributed by atoms with E-state index in [0.717, 1.165) is 17.5 Å². The van der Waals surface area contributed by atoms with E-state index in [-0.39, 0.29) is 18.0 Å². The van der Waals surface area contributed by atoms with E-state index in [1.165, 1.54) is 19.3 Å². The summed E-state index contributed by atoms with van der Waals surface area (Å²) in [6.07, 6.45) is 4.97. The number of nitrogens with zero attached hydrogens (tertiary/aromatic N) is 1. The number of benzene rings is 2. The molecule has 0 N–H and O–H groups in total. The molecule has 2 aliphatic rings. The smallest absolute Gasteiger partial charge is 0.339 e. The number of cyclic esters (lactones) is 1. The van der Waals surface area contributed by atoms with Gasteiger partial charge in [-0.05, 0) is 48.1 Å². The van der Waals surface area contributed by atoms with E-state index in [1.807, 2.05) is 48.3 Å². The zero-order valence-corrected chi connectivity index (χ0v) is 16.6. The van der Waals surface area contributed by atoms with Crippen molar-refractivity contribution in [2.75, 3.05) is 7.05 Å². The van der Waals surface area contributed by atoms with E-state index < -0.39 is 0 Å². The number of hydrogen-bond acceptors (Lipinski definition) is 3. The quantitative estimate of drug-likeness (QED) is 0.723. The van der Waals surface area contributed by atoms with Gasteiger partial charge in [0.15, 0.2) is 0 Å². The highest BCUT2D eigenvalue weighted by Crippen LogP contribution is 2.32. The summed E-state index contributed by atoms with van der Waals surface area (Å²) < 4.78 is 5.62. The predicted octanol–water partition coefficient (Wildman–Crippen LogP) is 4.79. The normalized spacial score (nSPS) is 24.2. The summed E-state index contributed by atoms with van der Waals surface area (Å²) in [7, 11) is 1.91. The van der Waals surface area contributed by atoms with Crippen molar-refractivity contribution in [3.8, 4) is 0 Å². The third kappa shape index (κ3) is 3.56. The second kappa shape index (κ2) is 7.78. The SMILES string of the molecule is CC1CCCCC1N(C)C(=O)c1ccc2c(c1)CC(c1ccccc1)OC2=O. The van der Waals surface area contributed by atoms with E-state index in [2.05, 4.69) is 6.92 Å². The number of ether oxygens (including phenoxy) is 1. The Balaban J connectivity index is 1.58. The Morgan fingerprint density at radius 3 is 2.57 bits per heavy atom. The molecule has 1 aliphatic heterocycles. The lowest BCUT2D eigenvalue weighted by Crippen LogP contribution is -2.42. The number of esters is 1. The Bertz CT molecular complexity index is 877. The largest absolute Gasteiger partial charge is 0.454 e. The molecule has 1 heterocycles. The molecule has 2 aromatic carbocycles. The van der Waals surface area contributed by atoms with Gasteiger partial charge in [-0.2, -0.15) is 0 Å². The minimum absolute atomic E-state index is 0.0387. The van der Waals surface area contributed by atoms with Crippen LogP contribution < -0.4 is 0 Å². The van der Waals surface area contributed by atoms with Crippen molar-refractivity contribution in [3.05, 3.63) is 70.8 Å². The van der Waals surface area contributed by atoms with Crippen LogP contribution in [0.5, 0.6) is 0 Å². The van der Waals surface area contributed by atoms with Crippen LogP contribution in [0.25, 0.3) is 0 Å². The summed E-state index contributed by atoms with van der Waals surface area (Å²) in [5, 5.41) is 0. The van der Waals surface area contributed by atoms with Crippen LogP contribution in [0.15, 0.2) is 48.5 Å². The molecule has 4 rings (SSSR count). The van der Waals surface area contributed by atoms with Crippen LogP contribution in [-0.4, -0.2) is 29.9 Å². The Morgan fingerprint density at radius 2 is 1.82 bits per heavy atom. The maximum Gasteiger partial charge on any atom is 0.339 e. The lowest BCUT2D eigenvalue weighted by molar-refractivity contribution is 0.0252. The van der Waals surface area contributed by atoms with Crippen molar-refractivity contribution < 1.29 is 14.3 Å². The topological polar surface area (TPSA) is 46.6 Å². The number of carbonyl (C=O) groups is 2. The Hall–Kier alpha value is -2.62. The molecule has 1 saturated carbocycles. The van der Waals surface area contributed by atoms with E-state index in [0.29, 0.717) is 29.5 Å². The molecule has 0 saturated heterocycles. The molecule has 0 spiro atoms. The van der Waals surface area contributed by atoms with Crippen LogP contribution >= 0.6 is 0 Å². The van der Waals surface area contributed by atoms with Crippen molar-refractivity contribution in [3.63, 3.8) is 0 Å². The highest BCUT2D eigenvalue weighted by Gasteiger charge is 2.31. The molecule has 0 bridgehead atoms. The highest BCUT2D eigenvalue weighted by molar-refractivity contribution is 5.97. The van der Waals surface area contributed by atoms with Crippen LogP contribution in [0.1, 0.15) is 70.6 Å². The molecule has 1 aliphatic carbocycles. The average Bonchev–Trinajstić information content (AvgIpc) is 2.73. The molecule has 0 aromatic heterocycles. The van der Waals surface area contributed by atoms with Gasteiger partial charge < -0.3 is 9.64 Å². The maximum atomic E-state index is 13.1. The van der Waals surface area contributed by atoms with Crippen molar-refractivity contribution >= 4 is 11.9 Å². The van der Waals surface area contributed by atoms with Gasteiger partial charge >= 0.3 is 5.97 Å². The van der Waals surface area contributed by atoms with Gasteiger partial charge in [-0.3, -0.25) is 4.79 Å². The molecule has 3 unspecified atom stereocenters. The second-order valence-electron chi connectivity index (χ2n) is 8.13. The molecule has 2 aromatic rings. The van der Waals surface area contributed by atoms with Gasteiger partial charge in [0.05, 0.1) is 5.56 Å². The molecule has 4 nitrogen and oxygen atoms in total. The zero-order valence-electron chi connectivity index (χ0n) is 16.6. The molecule has 1 amide bonds. The first-order chi connectivity index (χ1) is 13.5. The maximum absolute atomic E-state index is 13.1. The van der Waals surface area contributed by atoms with E-state index in [4.69, 9.17) is 4.74 Å². The molecule has 146 valence electrons. The Kier molecular flexibility index (Phi) is 5.21. The van der Waals surface area contributed by atoms with Gasteiger partial charge in [0.1, 0.15) is 6.10 Å². The van der Waals surface area contributed by atoms with Crippen LogP contribution in [0.4, 0.5) is 0 Å². The zero-order chi connectivity index (χ0) is 19.7. The molecule has 3 atom stereocenters. The molecule has 1 fully saturated rings. The summed E-state index contributed by atoms with van der Waals surface area (Å²) in [6.45, 7) is 2.24. The van der Waals surface area contributed by atoms with Crippen molar-refractivity contribution in [2.24, 2.45) is 5.92 Å². The van der Waals surface area contributed by atoms with Crippen molar-refractivity contribution in [1.82, 2.24) is 4.90 Å². The van der Waals surface area contributed by atoms with Gasteiger partial charge in [-0.25, -0.2) is 4.79 Å². The fourth-order valence-electron chi connectivity index (χ4n) is 4.61. The minimum Gasteiger partial charge on any atom is -0.454 e. The molecule has 28 heavy (non-hydrogen) atoms. The third-order valence-electron chi connectivity index (χ3n) is 6.28. The fraction of sp³-hybridized carbons (Fsp3) is 0.417. The first kappa shape index (κ1) is 18.7. The summed E-state index contributed by atoms with van der Waals surface area (Å²) in [5.41, 5.74) is 3.09. The Morgan fingerprint density at radius 1 is 1.07 bits per heavy atom. The number of amides is 1. The average molecular weight is 377 g/mol. The lowest BCUT2D eigenvalue weighted by atomic mass is 9.84. The first-order valence-electron chi connectivity index (χ1n) is 10.2. The molecule has 0 radical (unpaired) electrons. The number of carbonyl (C=O) groups excluding carboxylic acids is 2. The van der Waals surface area contributed by atoms with Crippen molar-refractivity contribution in [1.29, 1.82) is 0 Å². The number of rotatable bonds is 3. The van der Waals surface area contributed by atoms with Gasteiger partial charge in [-0.15, -0.1) is 0 Å². The standard InChI is InChI=1S/C24H27NO3/c1-16-8-6-7-11-21(16)25(2)23(26)18-12-13-20-19(14-18)15-22(28-24(20)27)17-9-4-3-5-10-17/h3-5,9-10,12-14,16,21-22H,6-8,11,15H2,1-2H3. The van der Waals surface area contributed by atoms with Crippen molar-refractivity contribution in [2.45, 2.75) is 51.2 Å². The van der Waals surface area contributed by atoms with E-state index in [1.54, 1.807) is 12.1 Å². The summed E-state index contributed by atoms with van der Waals surface area (Å²) >= 11 is 0. The van der Waals surface area contributed by atoms with E-state index >= 15 is 0 Å². The van der Waals surface area contributed by atoms with Gasteiger partial charge in [-0.1, -0.05) is 50.1 Å². The minimum atomic E-state index is -0.316. The summed E-state index contributed by atoms with van der Waals surface area (Å²) in [5.74, 6) is 0.248. The summed E-state index contributed by atoms with van der Waals surface area (Å²) in [4.78, 5) is 27.5. The Labute approximate surface area is 166 Å². The monoisotopic (exact) mass is 377 g/mol. The molecular weight excluding hydrogens is 350 g/mol. The fourth-order valence-corrected chi connectivity index (χ4v) is 4.61. The number of hydrogen-bond donors (Lipinski definition) is 0. The van der Waals surface area contributed by atoms with Gasteiger partial charge in [0.2, 0.25) is 0 Å². The van der Waals surface area contributed by atoms with Gasteiger partial charge in [0, 0.05) is 25.1 Å². The van der Waals surface area contributed by atoms with Crippen LogP contribution in [0.2, 0.25) is 0 Å². The highest BCUT2D eigenvalue weighted by atomic mass is 16.5. The van der Waals surface area contributed by atoms with Crippen LogP contribution in [0, 0.1) is 5.92 Å². The predicted molar refractivity (Wildman–Crippen MR) is 108 cm³/mol. The van der Waals surface area contributed by atoms with Gasteiger partial charge in [0.25, 0.3) is 5.91 Å². The van der Waals surface area contributed by atoms with Crippen LogP contribution in [0.3, 0.4) is 0 Å². The summed E-state index contributed by atoms with van der Waals surface area (Å²) in [6, 6.07) is 15.4. The lowest BCUT2D eigenvalue weighted by Gasteiger charge is -2.36. The molecule has 4 heteroatoms. The third-order valence-corrected chi connectivity index (χ3v) is 6.28. The van der Waals surface area contributed by atoms with Crippen LogP contribution in [-0.2, 0) is 11.2 Å². The first-order valence-corrected chi connectivity index (χ1v) is 10.2. The number of fused-ring (bicyclic) bond motifs is 1. The van der Waals surface area contributed by atoms with E-state index in [9.17, 15) is 9.59 Å². The molecular formula is C24H27NO3. The second-order valence-corrected chi connectivity index (χ2v) is 8.13.